The first kappa shape index (κ1) is 21.9. The molecule has 31 heavy (non-hydrogen) atoms. The number of hydrogen-bond acceptors (Lipinski definition) is 6. The number of carbonyl (C=O) groups excluding carboxylic acids is 2. The number of methoxy groups -OCH3 is 2. The van der Waals surface area contributed by atoms with Gasteiger partial charge in [-0.2, -0.15) is 0 Å². The Morgan fingerprint density at radius 1 is 0.935 bits per heavy atom. The summed E-state index contributed by atoms with van der Waals surface area (Å²) in [5.74, 6) is -1.71. The molecule has 1 heterocycles. The van der Waals surface area contributed by atoms with Gasteiger partial charge in [0.2, 0.25) is 0 Å². The number of carbonyl (C=O) groups is 3. The van der Waals surface area contributed by atoms with Crippen LogP contribution < -0.4 is 9.47 Å². The summed E-state index contributed by atoms with van der Waals surface area (Å²) >= 11 is 0. The average Bonchev–Trinajstić information content (AvgIpc) is 3.03. The Balaban J connectivity index is 2.07. The number of aliphatic carboxylic acids is 1. The van der Waals surface area contributed by atoms with E-state index >= 15 is 0 Å². The zero-order valence-corrected chi connectivity index (χ0v) is 17.2. The van der Waals surface area contributed by atoms with Gasteiger partial charge in [0.25, 0.3) is 11.7 Å². The van der Waals surface area contributed by atoms with Gasteiger partial charge in [0.05, 0.1) is 25.8 Å². The lowest BCUT2D eigenvalue weighted by Gasteiger charge is -2.25. The van der Waals surface area contributed by atoms with Gasteiger partial charge in [-0.3, -0.25) is 14.4 Å². The van der Waals surface area contributed by atoms with Crippen molar-refractivity contribution in [2.75, 3.05) is 20.8 Å². The van der Waals surface area contributed by atoms with Crippen molar-refractivity contribution in [1.82, 2.24) is 4.90 Å². The fourth-order valence-corrected chi connectivity index (χ4v) is 3.55. The van der Waals surface area contributed by atoms with Crippen LogP contribution in [0.25, 0.3) is 5.76 Å². The van der Waals surface area contributed by atoms with Crippen molar-refractivity contribution >= 4 is 23.4 Å². The van der Waals surface area contributed by atoms with Gasteiger partial charge in [0.1, 0.15) is 17.3 Å². The first-order valence-corrected chi connectivity index (χ1v) is 9.66. The molecule has 0 radical (unpaired) electrons. The molecule has 3 rings (SSSR count). The van der Waals surface area contributed by atoms with E-state index < -0.39 is 23.7 Å². The van der Waals surface area contributed by atoms with Crippen molar-refractivity contribution < 1.29 is 34.1 Å². The van der Waals surface area contributed by atoms with Crippen LogP contribution in [-0.4, -0.2) is 53.5 Å². The van der Waals surface area contributed by atoms with Crippen molar-refractivity contribution in [3.05, 3.63) is 65.2 Å². The summed E-state index contributed by atoms with van der Waals surface area (Å²) in [7, 11) is 3.04. The van der Waals surface area contributed by atoms with E-state index in [0.717, 1.165) is 0 Å². The molecule has 2 N–H and O–H groups in total. The molecule has 1 saturated heterocycles. The molecule has 1 aliphatic heterocycles. The summed E-state index contributed by atoms with van der Waals surface area (Å²) in [6, 6.07) is 12.4. The van der Waals surface area contributed by atoms with E-state index in [-0.39, 0.29) is 30.7 Å². The molecular formula is C23H23NO7. The first-order chi connectivity index (χ1) is 14.9. The second kappa shape index (κ2) is 9.34. The van der Waals surface area contributed by atoms with Gasteiger partial charge in [-0.15, -0.1) is 0 Å². The van der Waals surface area contributed by atoms with E-state index in [1.807, 2.05) is 0 Å². The molecule has 162 valence electrons. The van der Waals surface area contributed by atoms with Crippen molar-refractivity contribution in [1.29, 1.82) is 0 Å². The minimum Gasteiger partial charge on any atom is -0.507 e. The van der Waals surface area contributed by atoms with E-state index in [0.29, 0.717) is 22.6 Å². The van der Waals surface area contributed by atoms with E-state index in [1.165, 1.54) is 19.1 Å². The third-order valence-electron chi connectivity index (χ3n) is 5.12. The van der Waals surface area contributed by atoms with E-state index in [2.05, 4.69) is 0 Å². The fourth-order valence-electron chi connectivity index (χ4n) is 3.55. The minimum absolute atomic E-state index is 0.0457. The van der Waals surface area contributed by atoms with Crippen molar-refractivity contribution in [3.63, 3.8) is 0 Å². The van der Waals surface area contributed by atoms with Crippen molar-refractivity contribution in [2.45, 2.75) is 18.9 Å². The van der Waals surface area contributed by atoms with Crippen LogP contribution in [0, 0.1) is 0 Å². The Morgan fingerprint density at radius 2 is 1.48 bits per heavy atom. The summed E-state index contributed by atoms with van der Waals surface area (Å²) in [6.45, 7) is 0.0625. The predicted octanol–water partition coefficient (Wildman–Crippen LogP) is 2.99. The van der Waals surface area contributed by atoms with Gasteiger partial charge < -0.3 is 24.6 Å². The average molecular weight is 425 g/mol. The highest BCUT2D eigenvalue weighted by atomic mass is 16.5. The number of amides is 1. The summed E-state index contributed by atoms with van der Waals surface area (Å²) < 4.78 is 10.3. The van der Waals surface area contributed by atoms with Crippen LogP contribution in [0.3, 0.4) is 0 Å². The topological polar surface area (TPSA) is 113 Å². The number of aliphatic hydroxyl groups excluding tert-OH is 1. The number of hydrogen-bond donors (Lipinski definition) is 2. The molecule has 0 saturated carbocycles. The number of benzene rings is 2. The summed E-state index contributed by atoms with van der Waals surface area (Å²) in [6.07, 6.45) is 0.0361. The smallest absolute Gasteiger partial charge is 0.303 e. The Hall–Kier alpha value is -3.81. The molecule has 1 unspecified atom stereocenters. The molecule has 1 aliphatic rings. The highest BCUT2D eigenvalue weighted by Gasteiger charge is 2.45. The maximum absolute atomic E-state index is 12.9. The molecule has 2 aromatic rings. The van der Waals surface area contributed by atoms with Crippen molar-refractivity contribution in [2.24, 2.45) is 0 Å². The number of aliphatic hydroxyl groups is 1. The summed E-state index contributed by atoms with van der Waals surface area (Å²) in [5, 5.41) is 19.9. The SMILES string of the molecule is COc1ccc(/C(O)=C2\C(=O)C(=O)N(CCCC(=O)O)C2c2ccc(OC)cc2)cc1. The number of nitrogens with zero attached hydrogens (tertiary/aromatic N) is 1. The Bertz CT molecular complexity index is 1010. The molecule has 8 heteroatoms. The zero-order chi connectivity index (χ0) is 22.5. The molecule has 0 spiro atoms. The molecule has 0 bridgehead atoms. The molecule has 8 nitrogen and oxygen atoms in total. The van der Waals surface area contributed by atoms with Crippen LogP contribution in [0.2, 0.25) is 0 Å². The summed E-state index contributed by atoms with van der Waals surface area (Å²) in [5.41, 5.74) is 0.920. The first-order valence-electron chi connectivity index (χ1n) is 9.66. The molecule has 0 aromatic heterocycles. The van der Waals surface area contributed by atoms with Gasteiger partial charge in [0.15, 0.2) is 0 Å². The molecule has 2 aromatic carbocycles. The maximum Gasteiger partial charge on any atom is 0.303 e. The van der Waals surface area contributed by atoms with Gasteiger partial charge in [-0.05, 0) is 48.4 Å². The third-order valence-corrected chi connectivity index (χ3v) is 5.12. The Morgan fingerprint density at radius 3 is 2.00 bits per heavy atom. The van der Waals surface area contributed by atoms with Crippen LogP contribution in [0.1, 0.15) is 30.0 Å². The van der Waals surface area contributed by atoms with Crippen molar-refractivity contribution in [3.8, 4) is 11.5 Å². The van der Waals surface area contributed by atoms with Crippen LogP contribution >= 0.6 is 0 Å². The summed E-state index contributed by atoms with van der Waals surface area (Å²) in [4.78, 5) is 37.9. The predicted molar refractivity (Wildman–Crippen MR) is 112 cm³/mol. The highest BCUT2D eigenvalue weighted by Crippen LogP contribution is 2.40. The number of ether oxygens (including phenoxy) is 2. The lowest BCUT2D eigenvalue weighted by molar-refractivity contribution is -0.140. The van der Waals surface area contributed by atoms with E-state index in [9.17, 15) is 19.5 Å². The molecule has 1 fully saturated rings. The number of ketones is 1. The van der Waals surface area contributed by atoms with Gasteiger partial charge in [0, 0.05) is 18.5 Å². The largest absolute Gasteiger partial charge is 0.507 e. The molecule has 1 amide bonds. The fraction of sp³-hybridized carbons (Fsp3) is 0.261. The third kappa shape index (κ3) is 4.53. The maximum atomic E-state index is 12.9. The van der Waals surface area contributed by atoms with Crippen LogP contribution in [0.4, 0.5) is 0 Å². The van der Waals surface area contributed by atoms with Crippen LogP contribution in [-0.2, 0) is 14.4 Å². The van der Waals surface area contributed by atoms with E-state index in [4.69, 9.17) is 14.6 Å². The second-order valence-corrected chi connectivity index (χ2v) is 6.99. The Kier molecular flexibility index (Phi) is 6.59. The molecule has 0 aliphatic carbocycles. The lowest BCUT2D eigenvalue weighted by atomic mass is 9.95. The lowest BCUT2D eigenvalue weighted by Crippen LogP contribution is -2.31. The minimum atomic E-state index is -0.990. The number of Topliss-reactive ketones (excluding diaryl/α,β-unsaturated/α-hetero) is 1. The molecule has 1 atom stereocenters. The zero-order valence-electron chi connectivity index (χ0n) is 17.2. The second-order valence-electron chi connectivity index (χ2n) is 6.99. The van der Waals surface area contributed by atoms with Gasteiger partial charge in [-0.25, -0.2) is 0 Å². The number of likely N-dealkylation sites (tertiary alicyclic amines) is 1. The quantitative estimate of drug-likeness (QED) is 0.380. The Labute approximate surface area is 179 Å². The normalized spacial score (nSPS) is 17.6. The molecular weight excluding hydrogens is 402 g/mol. The standard InChI is InChI=1S/C23H23NO7/c1-30-16-9-5-14(6-10-16)20-19(21(27)15-7-11-17(31-2)12-8-15)22(28)23(29)24(20)13-3-4-18(25)26/h5-12,20,27H,3-4,13H2,1-2H3,(H,25,26)/b21-19+. The number of rotatable bonds is 8. The van der Waals surface area contributed by atoms with Gasteiger partial charge >= 0.3 is 5.97 Å². The monoisotopic (exact) mass is 425 g/mol. The van der Waals surface area contributed by atoms with E-state index in [1.54, 1.807) is 48.5 Å². The number of carboxylic acids is 1. The number of carboxylic acid groups (broad SMARTS) is 1. The van der Waals surface area contributed by atoms with Crippen LogP contribution in [0.15, 0.2) is 54.1 Å². The van der Waals surface area contributed by atoms with Gasteiger partial charge in [-0.1, -0.05) is 12.1 Å². The highest BCUT2D eigenvalue weighted by molar-refractivity contribution is 6.46. The van der Waals surface area contributed by atoms with Crippen LogP contribution in [0.5, 0.6) is 11.5 Å².